The topological polar surface area (TPSA) is 92.0 Å². The average Bonchev–Trinajstić information content (AvgIpc) is 2.78. The highest BCUT2D eigenvalue weighted by atomic mass is 79.9. The van der Waals surface area contributed by atoms with Gasteiger partial charge in [0.1, 0.15) is 5.82 Å². The summed E-state index contributed by atoms with van der Waals surface area (Å²) in [6, 6.07) is 8.61. The molecular formula is C23H23BrClN3O5. The van der Waals surface area contributed by atoms with Crippen LogP contribution >= 0.6 is 27.5 Å². The highest BCUT2D eigenvalue weighted by Crippen LogP contribution is 2.36. The molecule has 33 heavy (non-hydrogen) atoms. The smallest absolute Gasteiger partial charge is 0.344 e. The molecule has 2 aromatic carbocycles. The molecule has 8 nitrogen and oxygen atoms in total. The largest absolute Gasteiger partial charge is 0.493 e. The Morgan fingerprint density at radius 2 is 2.06 bits per heavy atom. The maximum absolute atomic E-state index is 13.1. The predicted octanol–water partition coefficient (Wildman–Crippen LogP) is 4.60. The molecule has 174 valence electrons. The number of aromatic nitrogens is 2. The number of benzene rings is 2. The lowest BCUT2D eigenvalue weighted by atomic mass is 10.2. The predicted molar refractivity (Wildman–Crippen MR) is 131 cm³/mol. The number of methoxy groups -OCH3 is 1. The molecule has 0 saturated heterocycles. The van der Waals surface area contributed by atoms with Crippen molar-refractivity contribution in [3.05, 3.63) is 61.6 Å². The van der Waals surface area contributed by atoms with Crippen LogP contribution in [0.2, 0.25) is 5.02 Å². The van der Waals surface area contributed by atoms with E-state index in [0.717, 1.165) is 10.9 Å². The summed E-state index contributed by atoms with van der Waals surface area (Å²) in [5.74, 6) is 0.570. The lowest BCUT2D eigenvalue weighted by Gasteiger charge is -2.13. The van der Waals surface area contributed by atoms with Crippen molar-refractivity contribution >= 4 is 50.6 Å². The van der Waals surface area contributed by atoms with E-state index in [0.29, 0.717) is 34.5 Å². The summed E-state index contributed by atoms with van der Waals surface area (Å²) in [6.45, 7) is 3.67. The van der Waals surface area contributed by atoms with Gasteiger partial charge in [0.25, 0.3) is 5.56 Å². The third kappa shape index (κ3) is 5.91. The van der Waals surface area contributed by atoms with E-state index in [4.69, 9.17) is 25.8 Å². The number of aryl methyl sites for hydroxylation is 1. The van der Waals surface area contributed by atoms with Crippen LogP contribution in [-0.4, -0.2) is 42.2 Å². The first-order chi connectivity index (χ1) is 15.9. The van der Waals surface area contributed by atoms with Gasteiger partial charge in [-0.05, 0) is 49.2 Å². The fourth-order valence-electron chi connectivity index (χ4n) is 3.11. The van der Waals surface area contributed by atoms with Gasteiger partial charge < -0.3 is 14.2 Å². The fraction of sp³-hybridized carbons (Fsp3) is 0.304. The van der Waals surface area contributed by atoms with Crippen LogP contribution in [0.25, 0.3) is 10.9 Å². The highest BCUT2D eigenvalue weighted by Gasteiger charge is 2.15. The monoisotopic (exact) mass is 535 g/mol. The number of hydrogen-bond donors (Lipinski definition) is 0. The first-order valence-corrected chi connectivity index (χ1v) is 11.5. The number of ether oxygens (including phenoxy) is 3. The van der Waals surface area contributed by atoms with E-state index in [1.165, 1.54) is 18.0 Å². The quantitative estimate of drug-likeness (QED) is 0.293. The normalized spacial score (nSPS) is 11.2. The summed E-state index contributed by atoms with van der Waals surface area (Å²) in [5, 5.41) is 5.07. The van der Waals surface area contributed by atoms with E-state index < -0.39 is 5.97 Å². The molecule has 0 aliphatic heterocycles. The Kier molecular flexibility index (Phi) is 8.46. The van der Waals surface area contributed by atoms with Crippen molar-refractivity contribution in [3.63, 3.8) is 0 Å². The summed E-state index contributed by atoms with van der Waals surface area (Å²) in [5.41, 5.74) is 0.920. The number of halogens is 2. The molecule has 0 atom stereocenters. The second kappa shape index (κ2) is 11.3. The van der Waals surface area contributed by atoms with Crippen molar-refractivity contribution in [2.45, 2.75) is 26.7 Å². The second-order valence-corrected chi connectivity index (χ2v) is 8.25. The maximum atomic E-state index is 13.1. The maximum Gasteiger partial charge on any atom is 0.344 e. The number of hydrogen-bond acceptors (Lipinski definition) is 7. The molecule has 1 heterocycles. The van der Waals surface area contributed by atoms with Gasteiger partial charge in [-0.1, -0.05) is 34.5 Å². The Hall–Kier alpha value is -2.91. The number of nitrogens with zero attached hydrogens (tertiary/aromatic N) is 3. The van der Waals surface area contributed by atoms with Crippen LogP contribution < -0.4 is 15.0 Å². The van der Waals surface area contributed by atoms with Gasteiger partial charge in [-0.15, -0.1) is 0 Å². The van der Waals surface area contributed by atoms with Crippen LogP contribution in [0.1, 0.15) is 31.7 Å². The number of carbonyl (C=O) groups excluding carboxylic acids is 1. The van der Waals surface area contributed by atoms with Crippen molar-refractivity contribution in [2.24, 2.45) is 5.10 Å². The average molecular weight is 537 g/mol. The summed E-state index contributed by atoms with van der Waals surface area (Å²) in [6.07, 6.45) is 2.88. The minimum absolute atomic E-state index is 0.213. The van der Waals surface area contributed by atoms with Crippen molar-refractivity contribution in [3.8, 4) is 11.5 Å². The number of esters is 1. The Balaban J connectivity index is 1.98. The molecule has 0 saturated carbocycles. The van der Waals surface area contributed by atoms with Crippen molar-refractivity contribution in [1.82, 2.24) is 9.66 Å². The van der Waals surface area contributed by atoms with E-state index >= 15 is 0 Å². The molecule has 0 fully saturated rings. The standard InChI is InChI=1S/C23H23BrClN3O5/c1-4-6-20-27-18-8-7-15(24)11-16(18)23(30)28(20)26-12-14-9-17(25)22(19(10-14)31-3)33-13-21(29)32-5-2/h7-12H,4-6,13H2,1-3H3. The van der Waals surface area contributed by atoms with Crippen molar-refractivity contribution < 1.29 is 19.0 Å². The van der Waals surface area contributed by atoms with Crippen molar-refractivity contribution in [2.75, 3.05) is 20.3 Å². The number of fused-ring (bicyclic) bond motifs is 1. The summed E-state index contributed by atoms with van der Waals surface area (Å²) in [7, 11) is 1.46. The molecule has 3 aromatic rings. The van der Waals surface area contributed by atoms with Crippen LogP contribution in [-0.2, 0) is 16.0 Å². The van der Waals surface area contributed by atoms with Crippen LogP contribution in [0.15, 0.2) is 44.7 Å². The van der Waals surface area contributed by atoms with Gasteiger partial charge in [0, 0.05) is 10.9 Å². The Morgan fingerprint density at radius 1 is 1.27 bits per heavy atom. The number of rotatable bonds is 9. The highest BCUT2D eigenvalue weighted by molar-refractivity contribution is 9.10. The lowest BCUT2D eigenvalue weighted by molar-refractivity contribution is -0.145. The molecule has 0 spiro atoms. The van der Waals surface area contributed by atoms with Gasteiger partial charge in [0.15, 0.2) is 18.1 Å². The molecule has 0 bridgehead atoms. The SMILES string of the molecule is CCCc1nc2ccc(Br)cc2c(=O)n1N=Cc1cc(Cl)c(OCC(=O)OCC)c(OC)c1. The van der Waals surface area contributed by atoms with E-state index in [1.807, 2.05) is 13.0 Å². The first-order valence-electron chi connectivity index (χ1n) is 10.3. The minimum Gasteiger partial charge on any atom is -0.493 e. The van der Waals surface area contributed by atoms with Gasteiger partial charge in [-0.3, -0.25) is 4.79 Å². The van der Waals surface area contributed by atoms with E-state index in [-0.39, 0.29) is 29.5 Å². The third-order valence-electron chi connectivity index (χ3n) is 4.56. The molecule has 1 aromatic heterocycles. The zero-order valence-corrected chi connectivity index (χ0v) is 20.8. The Morgan fingerprint density at radius 3 is 2.76 bits per heavy atom. The second-order valence-electron chi connectivity index (χ2n) is 6.93. The molecule has 0 aliphatic carbocycles. The third-order valence-corrected chi connectivity index (χ3v) is 5.34. The molecule has 0 aliphatic rings. The van der Waals surface area contributed by atoms with E-state index in [1.54, 1.807) is 31.2 Å². The van der Waals surface area contributed by atoms with Gasteiger partial charge >= 0.3 is 5.97 Å². The zero-order chi connectivity index (χ0) is 24.0. The van der Waals surface area contributed by atoms with Gasteiger partial charge in [0.2, 0.25) is 0 Å². The summed E-state index contributed by atoms with van der Waals surface area (Å²) >= 11 is 9.75. The molecule has 10 heteroatoms. The fourth-order valence-corrected chi connectivity index (χ4v) is 3.75. The van der Waals surface area contributed by atoms with Crippen molar-refractivity contribution in [1.29, 1.82) is 0 Å². The molecule has 0 unspecified atom stereocenters. The van der Waals surface area contributed by atoms with Gasteiger partial charge in [-0.25, -0.2) is 9.78 Å². The Labute approximate surface area is 204 Å². The minimum atomic E-state index is -0.514. The summed E-state index contributed by atoms with van der Waals surface area (Å²) in [4.78, 5) is 29.3. The van der Waals surface area contributed by atoms with Crippen LogP contribution in [0.5, 0.6) is 11.5 Å². The van der Waals surface area contributed by atoms with Crippen LogP contribution in [0.4, 0.5) is 0 Å². The molecule has 0 amide bonds. The van der Waals surface area contributed by atoms with Gasteiger partial charge in [0.05, 0.1) is 35.9 Å². The van der Waals surface area contributed by atoms with E-state index in [9.17, 15) is 9.59 Å². The first kappa shape index (κ1) is 24.7. The molecule has 3 rings (SSSR count). The molecular weight excluding hydrogens is 514 g/mol. The van der Waals surface area contributed by atoms with E-state index in [2.05, 4.69) is 26.0 Å². The lowest BCUT2D eigenvalue weighted by Crippen LogP contribution is -2.22. The number of carbonyl (C=O) groups is 1. The van der Waals surface area contributed by atoms with Gasteiger partial charge in [-0.2, -0.15) is 9.78 Å². The molecule has 0 N–H and O–H groups in total. The summed E-state index contributed by atoms with van der Waals surface area (Å²) < 4.78 is 17.8. The van der Waals surface area contributed by atoms with Crippen LogP contribution in [0.3, 0.4) is 0 Å². The molecule has 0 radical (unpaired) electrons. The van der Waals surface area contributed by atoms with Crippen LogP contribution in [0, 0.1) is 0 Å². The Bertz CT molecular complexity index is 1260. The zero-order valence-electron chi connectivity index (χ0n) is 18.4.